The maximum Gasteiger partial charge on any atom is 0.146 e. The predicted molar refractivity (Wildman–Crippen MR) is 45.9 cm³/mol. The molecule has 3 nitrogen and oxygen atoms in total. The number of aromatic hydroxyl groups is 1. The zero-order valence-electron chi connectivity index (χ0n) is 6.65. The molecule has 1 aromatic carbocycles. The summed E-state index contributed by atoms with van der Waals surface area (Å²) >= 11 is 0. The van der Waals surface area contributed by atoms with Crippen LogP contribution < -0.4 is 0 Å². The minimum Gasteiger partial charge on any atom is -0.505 e. The first-order valence-electron chi connectivity index (χ1n) is 3.68. The van der Waals surface area contributed by atoms with Crippen molar-refractivity contribution >= 4 is 11.0 Å². The lowest BCUT2D eigenvalue weighted by Gasteiger charge is -2.00. The van der Waals surface area contributed by atoms with E-state index in [-0.39, 0.29) is 5.75 Å². The summed E-state index contributed by atoms with van der Waals surface area (Å²) in [6.45, 7) is 1.84. The van der Waals surface area contributed by atoms with Crippen LogP contribution in [0.25, 0.3) is 11.0 Å². The normalized spacial score (nSPS) is 10.4. The first kappa shape index (κ1) is 7.03. The van der Waals surface area contributed by atoms with Crippen molar-refractivity contribution in [3.8, 4) is 5.75 Å². The molecule has 0 aliphatic carbocycles. The van der Waals surface area contributed by atoms with Gasteiger partial charge in [0.2, 0.25) is 0 Å². The Bertz CT molecular complexity index is 426. The molecule has 0 saturated heterocycles. The largest absolute Gasteiger partial charge is 0.505 e. The molecule has 2 rings (SSSR count). The fourth-order valence-corrected chi connectivity index (χ4v) is 1.12. The van der Waals surface area contributed by atoms with Crippen LogP contribution in [0.3, 0.4) is 0 Å². The van der Waals surface area contributed by atoms with Crippen molar-refractivity contribution in [2.24, 2.45) is 0 Å². The quantitative estimate of drug-likeness (QED) is 0.637. The molecule has 0 aliphatic rings. The molecule has 0 amide bonds. The number of rotatable bonds is 0. The maximum atomic E-state index is 9.56. The van der Waals surface area contributed by atoms with E-state index in [4.69, 9.17) is 0 Å². The van der Waals surface area contributed by atoms with Crippen molar-refractivity contribution in [1.29, 1.82) is 0 Å². The van der Waals surface area contributed by atoms with Crippen molar-refractivity contribution < 1.29 is 5.11 Å². The average Bonchev–Trinajstić information content (AvgIpc) is 2.12. The van der Waals surface area contributed by atoms with Gasteiger partial charge in [-0.2, -0.15) is 0 Å². The van der Waals surface area contributed by atoms with E-state index in [0.29, 0.717) is 5.52 Å². The topological polar surface area (TPSA) is 46.0 Å². The van der Waals surface area contributed by atoms with Crippen LogP contribution in [0, 0.1) is 6.92 Å². The van der Waals surface area contributed by atoms with E-state index in [1.165, 1.54) is 0 Å². The number of phenolic OH excluding ortho intramolecular Hbond substituents is 1. The van der Waals surface area contributed by atoms with Gasteiger partial charge >= 0.3 is 0 Å². The molecule has 12 heavy (non-hydrogen) atoms. The molecule has 2 aromatic rings. The molecule has 3 heteroatoms. The van der Waals surface area contributed by atoms with Gasteiger partial charge in [-0.15, -0.1) is 0 Å². The monoisotopic (exact) mass is 160 g/mol. The third-order valence-electron chi connectivity index (χ3n) is 1.82. The highest BCUT2D eigenvalue weighted by Gasteiger charge is 2.02. The first-order chi connectivity index (χ1) is 5.79. The predicted octanol–water partition coefficient (Wildman–Crippen LogP) is 1.64. The van der Waals surface area contributed by atoms with Crippen LogP contribution >= 0.6 is 0 Å². The molecule has 0 saturated carbocycles. The van der Waals surface area contributed by atoms with Gasteiger partial charge in [-0.3, -0.25) is 4.98 Å². The van der Waals surface area contributed by atoms with E-state index in [0.717, 1.165) is 11.1 Å². The Morgan fingerprint density at radius 3 is 2.75 bits per heavy atom. The maximum absolute atomic E-state index is 9.56. The van der Waals surface area contributed by atoms with Crippen molar-refractivity contribution in [3.05, 3.63) is 30.1 Å². The number of hydrogen-bond donors (Lipinski definition) is 1. The minimum atomic E-state index is 0.223. The van der Waals surface area contributed by atoms with Crippen LogP contribution in [0.1, 0.15) is 5.56 Å². The molecule has 0 bridgehead atoms. The Labute approximate surface area is 69.7 Å². The Morgan fingerprint density at radius 1 is 1.17 bits per heavy atom. The minimum absolute atomic E-state index is 0.223. The number of hydrogen-bond acceptors (Lipinski definition) is 3. The van der Waals surface area contributed by atoms with Crippen LogP contribution in [0.15, 0.2) is 24.5 Å². The van der Waals surface area contributed by atoms with Crippen LogP contribution in [0.2, 0.25) is 0 Å². The van der Waals surface area contributed by atoms with E-state index in [1.54, 1.807) is 12.4 Å². The van der Waals surface area contributed by atoms with Crippen LogP contribution in [-0.2, 0) is 0 Å². The number of phenols is 1. The highest BCUT2D eigenvalue weighted by Crippen LogP contribution is 2.23. The van der Waals surface area contributed by atoms with Crippen molar-refractivity contribution in [2.75, 3.05) is 0 Å². The van der Waals surface area contributed by atoms with Crippen molar-refractivity contribution in [3.63, 3.8) is 0 Å². The summed E-state index contributed by atoms with van der Waals surface area (Å²) < 4.78 is 0. The highest BCUT2D eigenvalue weighted by atomic mass is 16.3. The smallest absolute Gasteiger partial charge is 0.146 e. The molecule has 1 aromatic heterocycles. The second kappa shape index (κ2) is 2.44. The number of aromatic nitrogens is 2. The van der Waals surface area contributed by atoms with E-state index in [9.17, 15) is 5.11 Å². The summed E-state index contributed by atoms with van der Waals surface area (Å²) in [5, 5.41) is 9.56. The van der Waals surface area contributed by atoms with Gasteiger partial charge in [0.05, 0.1) is 5.52 Å². The fourth-order valence-electron chi connectivity index (χ4n) is 1.12. The van der Waals surface area contributed by atoms with Crippen molar-refractivity contribution in [2.45, 2.75) is 6.92 Å². The lowest BCUT2D eigenvalue weighted by atomic mass is 10.2. The van der Waals surface area contributed by atoms with Gasteiger partial charge in [0, 0.05) is 12.4 Å². The Kier molecular flexibility index (Phi) is 1.43. The van der Waals surface area contributed by atoms with Crippen LogP contribution in [0.4, 0.5) is 0 Å². The second-order valence-corrected chi connectivity index (χ2v) is 2.66. The number of benzene rings is 1. The summed E-state index contributed by atoms with van der Waals surface area (Å²) in [6, 6.07) is 3.67. The molecule has 0 fully saturated rings. The second-order valence-electron chi connectivity index (χ2n) is 2.66. The highest BCUT2D eigenvalue weighted by molar-refractivity contribution is 5.81. The third kappa shape index (κ3) is 0.906. The zero-order chi connectivity index (χ0) is 8.55. The molecule has 0 unspecified atom stereocenters. The molecule has 1 N–H and O–H groups in total. The molecule has 1 heterocycles. The molecule has 0 atom stereocenters. The van der Waals surface area contributed by atoms with E-state index in [2.05, 4.69) is 9.97 Å². The molecule has 0 radical (unpaired) electrons. The summed E-state index contributed by atoms with van der Waals surface area (Å²) in [7, 11) is 0. The van der Waals surface area contributed by atoms with E-state index in [1.807, 2.05) is 19.1 Å². The summed E-state index contributed by atoms with van der Waals surface area (Å²) in [4.78, 5) is 8.09. The Balaban J connectivity index is 2.91. The van der Waals surface area contributed by atoms with Gasteiger partial charge in [-0.25, -0.2) is 4.98 Å². The van der Waals surface area contributed by atoms with Gasteiger partial charge < -0.3 is 5.11 Å². The third-order valence-corrected chi connectivity index (χ3v) is 1.82. The lowest BCUT2D eigenvalue weighted by molar-refractivity contribution is 0.476. The fraction of sp³-hybridized carbons (Fsp3) is 0.111. The molecule has 60 valence electrons. The van der Waals surface area contributed by atoms with E-state index < -0.39 is 0 Å². The SMILES string of the molecule is Cc1ccc2nccnc2c1O. The van der Waals surface area contributed by atoms with Crippen LogP contribution in [0.5, 0.6) is 5.75 Å². The standard InChI is InChI=1S/C9H8N2O/c1-6-2-3-7-8(9(6)12)11-5-4-10-7/h2-5,12H,1H3. The van der Waals surface area contributed by atoms with Gasteiger partial charge in [-0.1, -0.05) is 6.07 Å². The molecule has 0 aliphatic heterocycles. The lowest BCUT2D eigenvalue weighted by Crippen LogP contribution is -1.84. The molecule has 0 spiro atoms. The Morgan fingerprint density at radius 2 is 1.92 bits per heavy atom. The summed E-state index contributed by atoms with van der Waals surface area (Å²) in [6.07, 6.45) is 3.18. The zero-order valence-corrected chi connectivity index (χ0v) is 6.65. The van der Waals surface area contributed by atoms with Crippen LogP contribution in [-0.4, -0.2) is 15.1 Å². The summed E-state index contributed by atoms with van der Waals surface area (Å²) in [5.41, 5.74) is 2.11. The van der Waals surface area contributed by atoms with Gasteiger partial charge in [-0.05, 0) is 18.6 Å². The van der Waals surface area contributed by atoms with Crippen molar-refractivity contribution in [1.82, 2.24) is 9.97 Å². The summed E-state index contributed by atoms with van der Waals surface area (Å²) in [5.74, 6) is 0.223. The number of nitrogens with zero attached hydrogens (tertiary/aromatic N) is 2. The van der Waals surface area contributed by atoms with Gasteiger partial charge in [0.1, 0.15) is 11.3 Å². The number of aryl methyl sites for hydroxylation is 1. The molecular weight excluding hydrogens is 152 g/mol. The first-order valence-corrected chi connectivity index (χ1v) is 3.68. The number of fused-ring (bicyclic) bond motifs is 1. The average molecular weight is 160 g/mol. The van der Waals surface area contributed by atoms with Gasteiger partial charge in [0.15, 0.2) is 0 Å². The van der Waals surface area contributed by atoms with E-state index >= 15 is 0 Å². The Hall–Kier alpha value is -1.64. The van der Waals surface area contributed by atoms with Gasteiger partial charge in [0.25, 0.3) is 0 Å². The molecular formula is C9H8N2O.